The quantitative estimate of drug-likeness (QED) is 0.247. The van der Waals surface area contributed by atoms with E-state index in [9.17, 15) is 18.0 Å². The van der Waals surface area contributed by atoms with Gasteiger partial charge in [0.25, 0.3) is 10.0 Å². The summed E-state index contributed by atoms with van der Waals surface area (Å²) >= 11 is 6.10. The molecular weight excluding hydrogens is 574 g/mol. The van der Waals surface area contributed by atoms with Gasteiger partial charge in [-0.15, -0.1) is 0 Å². The Kier molecular flexibility index (Phi) is 10.2. The van der Waals surface area contributed by atoms with Crippen LogP contribution in [0.2, 0.25) is 5.02 Å². The van der Waals surface area contributed by atoms with Crippen LogP contribution in [0.4, 0.5) is 5.69 Å². The van der Waals surface area contributed by atoms with E-state index < -0.39 is 28.5 Å². The van der Waals surface area contributed by atoms with Gasteiger partial charge < -0.3 is 15.0 Å². The maximum absolute atomic E-state index is 14.3. The molecule has 0 bridgehead atoms. The third-order valence-corrected chi connectivity index (χ3v) is 8.77. The van der Waals surface area contributed by atoms with E-state index in [0.717, 1.165) is 15.4 Å². The summed E-state index contributed by atoms with van der Waals surface area (Å²) in [5.41, 5.74) is 1.77. The van der Waals surface area contributed by atoms with Crippen LogP contribution in [0, 0.1) is 0 Å². The molecule has 1 atom stereocenters. The normalized spacial score (nSPS) is 11.8. The van der Waals surface area contributed by atoms with Crippen molar-refractivity contribution in [1.29, 1.82) is 0 Å². The Morgan fingerprint density at radius 2 is 1.43 bits per heavy atom. The molecule has 0 heterocycles. The minimum absolute atomic E-state index is 0.0140. The van der Waals surface area contributed by atoms with Crippen molar-refractivity contribution >= 4 is 39.1 Å². The molecule has 4 aromatic carbocycles. The highest BCUT2D eigenvalue weighted by atomic mass is 35.5. The lowest BCUT2D eigenvalue weighted by Crippen LogP contribution is -2.53. The maximum atomic E-state index is 14.3. The molecule has 1 unspecified atom stereocenters. The number of nitrogens with zero attached hydrogens (tertiary/aromatic N) is 2. The van der Waals surface area contributed by atoms with Crippen LogP contribution in [-0.4, -0.2) is 51.9 Å². The molecule has 2 amide bonds. The van der Waals surface area contributed by atoms with Gasteiger partial charge in [0.2, 0.25) is 11.8 Å². The molecule has 0 spiro atoms. The third-order valence-electron chi connectivity index (χ3n) is 6.75. The number of carbonyl (C=O) groups excluding carboxylic acids is 2. The molecule has 0 aliphatic heterocycles. The first kappa shape index (κ1) is 30.6. The van der Waals surface area contributed by atoms with E-state index in [0.29, 0.717) is 5.02 Å². The van der Waals surface area contributed by atoms with Gasteiger partial charge in [0.15, 0.2) is 0 Å². The number of hydrogen-bond acceptors (Lipinski definition) is 5. The number of benzene rings is 4. The lowest BCUT2D eigenvalue weighted by molar-refractivity contribution is -0.139. The van der Waals surface area contributed by atoms with Crippen molar-refractivity contribution in [2.24, 2.45) is 0 Å². The maximum Gasteiger partial charge on any atom is 0.264 e. The van der Waals surface area contributed by atoms with E-state index in [1.165, 1.54) is 31.2 Å². The highest BCUT2D eigenvalue weighted by Crippen LogP contribution is 2.32. The van der Waals surface area contributed by atoms with Crippen molar-refractivity contribution in [2.45, 2.75) is 23.9 Å². The van der Waals surface area contributed by atoms with Gasteiger partial charge >= 0.3 is 0 Å². The molecule has 4 aromatic rings. The van der Waals surface area contributed by atoms with E-state index in [1.54, 1.807) is 66.7 Å². The number of para-hydroxylation sites is 2. The molecule has 0 aromatic heterocycles. The molecule has 0 saturated carbocycles. The number of amides is 2. The third kappa shape index (κ3) is 7.29. The Morgan fingerprint density at radius 3 is 2.05 bits per heavy atom. The summed E-state index contributed by atoms with van der Waals surface area (Å²) in [4.78, 5) is 29.0. The number of likely N-dealkylation sites (N-methyl/N-ethyl adjacent to an activating group) is 1. The van der Waals surface area contributed by atoms with Crippen molar-refractivity contribution in [1.82, 2.24) is 10.2 Å². The number of methoxy groups -OCH3 is 1. The zero-order valence-corrected chi connectivity index (χ0v) is 24.9. The SMILES string of the molecule is CNC(=O)C(Cc1ccccc1)N(Cc1ccc(Cl)cc1)C(=O)CN(c1ccccc1OC)S(=O)(=O)c1ccccc1. The number of ether oxygens (including phenoxy) is 1. The van der Waals surface area contributed by atoms with Crippen LogP contribution in [0.3, 0.4) is 0 Å². The van der Waals surface area contributed by atoms with Crippen molar-refractivity contribution in [3.8, 4) is 5.75 Å². The number of carbonyl (C=O) groups is 2. The first-order valence-corrected chi connectivity index (χ1v) is 15.1. The second kappa shape index (κ2) is 14.0. The minimum atomic E-state index is -4.22. The molecular formula is C32H32ClN3O5S. The molecule has 218 valence electrons. The summed E-state index contributed by atoms with van der Waals surface area (Å²) in [5.74, 6) is -0.669. The minimum Gasteiger partial charge on any atom is -0.495 e. The molecule has 1 N–H and O–H groups in total. The molecule has 0 fully saturated rings. The summed E-state index contributed by atoms with van der Waals surface area (Å²) < 4.78 is 34.5. The predicted molar refractivity (Wildman–Crippen MR) is 164 cm³/mol. The molecule has 0 saturated heterocycles. The van der Waals surface area contributed by atoms with Crippen LogP contribution >= 0.6 is 11.6 Å². The Balaban J connectivity index is 1.80. The second-order valence-electron chi connectivity index (χ2n) is 9.46. The number of rotatable bonds is 12. The van der Waals surface area contributed by atoms with Gasteiger partial charge in [-0.05, 0) is 47.5 Å². The van der Waals surface area contributed by atoms with Crippen LogP contribution in [0.25, 0.3) is 0 Å². The van der Waals surface area contributed by atoms with Gasteiger partial charge in [-0.25, -0.2) is 8.42 Å². The fourth-order valence-electron chi connectivity index (χ4n) is 4.58. The van der Waals surface area contributed by atoms with Crippen LogP contribution in [-0.2, 0) is 32.6 Å². The molecule has 10 heteroatoms. The molecule has 4 rings (SSSR count). The topological polar surface area (TPSA) is 96.0 Å². The molecule has 0 aliphatic carbocycles. The largest absolute Gasteiger partial charge is 0.495 e. The van der Waals surface area contributed by atoms with Crippen LogP contribution in [0.1, 0.15) is 11.1 Å². The second-order valence-corrected chi connectivity index (χ2v) is 11.8. The van der Waals surface area contributed by atoms with Crippen LogP contribution < -0.4 is 14.4 Å². The smallest absolute Gasteiger partial charge is 0.264 e. The number of hydrogen-bond donors (Lipinski definition) is 1. The summed E-state index contributed by atoms with van der Waals surface area (Å²) in [6.07, 6.45) is 0.222. The van der Waals surface area contributed by atoms with E-state index in [4.69, 9.17) is 16.3 Å². The average molecular weight is 606 g/mol. The predicted octanol–water partition coefficient (Wildman–Crippen LogP) is 4.93. The highest BCUT2D eigenvalue weighted by molar-refractivity contribution is 7.92. The number of halogens is 1. The number of nitrogens with one attached hydrogen (secondary N) is 1. The van der Waals surface area contributed by atoms with Crippen molar-refractivity contribution in [3.63, 3.8) is 0 Å². The zero-order valence-electron chi connectivity index (χ0n) is 23.3. The Bertz CT molecular complexity index is 1600. The first-order valence-electron chi connectivity index (χ1n) is 13.2. The Morgan fingerprint density at radius 1 is 0.833 bits per heavy atom. The highest BCUT2D eigenvalue weighted by Gasteiger charge is 2.35. The van der Waals surface area contributed by atoms with Gasteiger partial charge in [0.1, 0.15) is 18.3 Å². The van der Waals surface area contributed by atoms with Crippen LogP contribution in [0.5, 0.6) is 5.75 Å². The van der Waals surface area contributed by atoms with Crippen molar-refractivity contribution < 1.29 is 22.7 Å². The summed E-state index contributed by atoms with van der Waals surface area (Å²) in [6.45, 7) is -0.528. The Labute approximate surface area is 251 Å². The summed E-state index contributed by atoms with van der Waals surface area (Å²) in [5, 5.41) is 3.20. The standard InChI is InChI=1S/C32H32ClN3O5S/c1-34-32(38)29(21-24-11-5-3-6-12-24)35(22-25-17-19-26(33)20-18-25)31(37)23-36(28-15-9-10-16-30(28)41-2)42(39,40)27-13-7-4-8-14-27/h3-20,29H,21-23H2,1-2H3,(H,34,38). The van der Waals surface area contributed by atoms with Gasteiger partial charge in [0, 0.05) is 25.0 Å². The van der Waals surface area contributed by atoms with Gasteiger partial charge in [-0.2, -0.15) is 0 Å². The van der Waals surface area contributed by atoms with Gasteiger partial charge in [0.05, 0.1) is 17.7 Å². The van der Waals surface area contributed by atoms with E-state index >= 15 is 0 Å². The van der Waals surface area contributed by atoms with Gasteiger partial charge in [-0.1, -0.05) is 84.4 Å². The lowest BCUT2D eigenvalue weighted by Gasteiger charge is -2.34. The van der Waals surface area contributed by atoms with E-state index in [1.807, 2.05) is 30.3 Å². The molecule has 42 heavy (non-hydrogen) atoms. The molecule has 0 aliphatic rings. The van der Waals surface area contributed by atoms with Gasteiger partial charge in [-0.3, -0.25) is 13.9 Å². The average Bonchev–Trinajstić information content (AvgIpc) is 3.02. The van der Waals surface area contributed by atoms with Crippen molar-refractivity contribution in [2.75, 3.05) is 25.0 Å². The summed E-state index contributed by atoms with van der Waals surface area (Å²) in [6, 6.07) is 29.8. The molecule has 8 nitrogen and oxygen atoms in total. The number of sulfonamides is 1. The van der Waals surface area contributed by atoms with E-state index in [-0.39, 0.29) is 35.2 Å². The van der Waals surface area contributed by atoms with E-state index in [2.05, 4.69) is 5.32 Å². The number of anilines is 1. The molecule has 0 radical (unpaired) electrons. The fraction of sp³-hybridized carbons (Fsp3) is 0.188. The monoisotopic (exact) mass is 605 g/mol. The lowest BCUT2D eigenvalue weighted by atomic mass is 10.0. The Hall–Kier alpha value is -4.34. The zero-order chi connectivity index (χ0) is 30.1. The van der Waals surface area contributed by atoms with Crippen molar-refractivity contribution in [3.05, 3.63) is 125 Å². The van der Waals surface area contributed by atoms with Crippen LogP contribution in [0.15, 0.2) is 114 Å². The summed E-state index contributed by atoms with van der Waals surface area (Å²) in [7, 11) is -1.28. The fourth-order valence-corrected chi connectivity index (χ4v) is 6.15. The first-order chi connectivity index (χ1) is 20.2.